The lowest BCUT2D eigenvalue weighted by atomic mass is 10.1. The molecular formula is C20H23N3O2. The van der Waals surface area contributed by atoms with Crippen molar-refractivity contribution in [3.8, 4) is 5.75 Å². The topological polar surface area (TPSA) is 62.4 Å². The van der Waals surface area contributed by atoms with Gasteiger partial charge in [-0.25, -0.2) is 0 Å². The Labute approximate surface area is 147 Å². The van der Waals surface area contributed by atoms with Crippen LogP contribution in [0.15, 0.2) is 53.1 Å². The van der Waals surface area contributed by atoms with Crippen LogP contribution in [0.4, 0.5) is 0 Å². The molecule has 3 aromatic rings. The van der Waals surface area contributed by atoms with E-state index in [4.69, 9.17) is 4.52 Å². The lowest BCUT2D eigenvalue weighted by Crippen LogP contribution is -2.22. The smallest absolute Gasteiger partial charge is 0.231 e. The molecule has 25 heavy (non-hydrogen) atoms. The molecule has 0 aliphatic carbocycles. The first-order valence-electron chi connectivity index (χ1n) is 8.38. The number of aryl methyl sites for hydroxylation is 1. The second-order valence-corrected chi connectivity index (χ2v) is 6.39. The summed E-state index contributed by atoms with van der Waals surface area (Å²) in [6.45, 7) is 4.74. The van der Waals surface area contributed by atoms with Gasteiger partial charge in [0, 0.05) is 6.04 Å². The molecule has 5 nitrogen and oxygen atoms in total. The zero-order valence-electron chi connectivity index (χ0n) is 14.8. The van der Waals surface area contributed by atoms with Gasteiger partial charge in [0.1, 0.15) is 5.75 Å². The summed E-state index contributed by atoms with van der Waals surface area (Å²) in [5, 5.41) is 13.7. The van der Waals surface area contributed by atoms with Gasteiger partial charge in [0.15, 0.2) is 5.82 Å². The van der Waals surface area contributed by atoms with Crippen LogP contribution in [0, 0.1) is 6.92 Å². The van der Waals surface area contributed by atoms with Gasteiger partial charge < -0.3 is 9.63 Å². The average Bonchev–Trinajstić information content (AvgIpc) is 3.03. The number of hydrogen-bond donors (Lipinski definition) is 1. The van der Waals surface area contributed by atoms with E-state index in [0.717, 1.165) is 5.56 Å². The van der Waals surface area contributed by atoms with Crippen LogP contribution in [-0.2, 0) is 13.0 Å². The molecule has 1 unspecified atom stereocenters. The minimum absolute atomic E-state index is 0.130. The van der Waals surface area contributed by atoms with Crippen LogP contribution < -0.4 is 0 Å². The van der Waals surface area contributed by atoms with Gasteiger partial charge in [-0.05, 0) is 49.7 Å². The summed E-state index contributed by atoms with van der Waals surface area (Å²) in [5.74, 6) is 1.57. The predicted molar refractivity (Wildman–Crippen MR) is 96.3 cm³/mol. The molecule has 0 saturated carbocycles. The number of benzene rings is 2. The van der Waals surface area contributed by atoms with Crippen molar-refractivity contribution in [1.82, 2.24) is 15.0 Å². The Kier molecular flexibility index (Phi) is 5.14. The van der Waals surface area contributed by atoms with Crippen molar-refractivity contribution < 1.29 is 9.63 Å². The monoisotopic (exact) mass is 337 g/mol. The summed E-state index contributed by atoms with van der Waals surface area (Å²) in [4.78, 5) is 6.63. The number of phenolic OH excluding ortho intramolecular Hbond substituents is 1. The standard InChI is InChI=1S/C20H23N3O2/c1-14-7-4-5-8-16(14)12-20-21-19(22-25-20)13-23(3)15(2)17-9-6-10-18(24)11-17/h4-11,15,24H,12-13H2,1-3H3. The van der Waals surface area contributed by atoms with Gasteiger partial charge in [-0.1, -0.05) is 41.6 Å². The second-order valence-electron chi connectivity index (χ2n) is 6.39. The van der Waals surface area contributed by atoms with Crippen LogP contribution in [0.2, 0.25) is 0 Å². The van der Waals surface area contributed by atoms with Crippen LogP contribution in [-0.4, -0.2) is 27.2 Å². The molecule has 0 fully saturated rings. The molecule has 0 amide bonds. The Morgan fingerprint density at radius 2 is 1.96 bits per heavy atom. The number of aromatic hydroxyl groups is 1. The van der Waals surface area contributed by atoms with Gasteiger partial charge in [0.25, 0.3) is 0 Å². The third-order valence-corrected chi connectivity index (χ3v) is 4.52. The molecule has 1 aromatic heterocycles. The highest BCUT2D eigenvalue weighted by Crippen LogP contribution is 2.23. The van der Waals surface area contributed by atoms with Crippen molar-refractivity contribution in [2.45, 2.75) is 32.9 Å². The third kappa shape index (κ3) is 4.25. The molecule has 0 radical (unpaired) electrons. The fraction of sp³-hybridized carbons (Fsp3) is 0.300. The lowest BCUT2D eigenvalue weighted by Gasteiger charge is -2.23. The van der Waals surface area contributed by atoms with Crippen LogP contribution >= 0.6 is 0 Å². The van der Waals surface area contributed by atoms with Crippen LogP contribution in [0.25, 0.3) is 0 Å². The Morgan fingerprint density at radius 1 is 1.16 bits per heavy atom. The zero-order valence-corrected chi connectivity index (χ0v) is 14.8. The summed E-state index contributed by atoms with van der Waals surface area (Å²) in [7, 11) is 2.01. The van der Waals surface area contributed by atoms with E-state index in [1.165, 1.54) is 11.1 Å². The van der Waals surface area contributed by atoms with Gasteiger partial charge >= 0.3 is 0 Å². The Hall–Kier alpha value is -2.66. The van der Waals surface area contributed by atoms with Crippen LogP contribution in [0.5, 0.6) is 5.75 Å². The zero-order chi connectivity index (χ0) is 17.8. The Bertz CT molecular complexity index is 844. The van der Waals surface area contributed by atoms with E-state index in [9.17, 15) is 5.11 Å². The van der Waals surface area contributed by atoms with E-state index in [2.05, 4.69) is 41.0 Å². The highest BCUT2D eigenvalue weighted by Gasteiger charge is 2.16. The fourth-order valence-corrected chi connectivity index (χ4v) is 2.80. The van der Waals surface area contributed by atoms with E-state index in [-0.39, 0.29) is 11.8 Å². The summed E-state index contributed by atoms with van der Waals surface area (Å²) >= 11 is 0. The molecule has 1 N–H and O–H groups in total. The van der Waals surface area contributed by atoms with Gasteiger partial charge in [-0.15, -0.1) is 0 Å². The quantitative estimate of drug-likeness (QED) is 0.740. The van der Waals surface area contributed by atoms with Crippen molar-refractivity contribution in [1.29, 1.82) is 0 Å². The fourth-order valence-electron chi connectivity index (χ4n) is 2.80. The molecule has 0 saturated heterocycles. The predicted octanol–water partition coefficient (Wildman–Crippen LogP) is 3.87. The number of rotatable bonds is 6. The molecular weight excluding hydrogens is 314 g/mol. The van der Waals surface area contributed by atoms with Crippen molar-refractivity contribution in [3.63, 3.8) is 0 Å². The lowest BCUT2D eigenvalue weighted by molar-refractivity contribution is 0.242. The Morgan fingerprint density at radius 3 is 2.72 bits per heavy atom. The van der Waals surface area contributed by atoms with E-state index >= 15 is 0 Å². The van der Waals surface area contributed by atoms with Crippen LogP contribution in [0.1, 0.15) is 41.4 Å². The van der Waals surface area contributed by atoms with E-state index in [1.807, 2.05) is 31.3 Å². The summed E-state index contributed by atoms with van der Waals surface area (Å²) in [6.07, 6.45) is 0.644. The molecule has 1 heterocycles. The normalized spacial score (nSPS) is 12.5. The molecule has 0 aliphatic rings. The Balaban J connectivity index is 1.65. The number of aromatic nitrogens is 2. The minimum atomic E-state index is 0.130. The average molecular weight is 337 g/mol. The van der Waals surface area contributed by atoms with Gasteiger partial charge in [0.05, 0.1) is 13.0 Å². The molecule has 2 aromatic carbocycles. The van der Waals surface area contributed by atoms with Gasteiger partial charge in [-0.2, -0.15) is 4.98 Å². The van der Waals surface area contributed by atoms with E-state index in [1.54, 1.807) is 12.1 Å². The maximum Gasteiger partial charge on any atom is 0.231 e. The molecule has 1 atom stereocenters. The van der Waals surface area contributed by atoms with Crippen molar-refractivity contribution in [2.75, 3.05) is 7.05 Å². The molecule has 0 bridgehead atoms. The molecule has 0 aliphatic heterocycles. The summed E-state index contributed by atoms with van der Waals surface area (Å²) < 4.78 is 5.40. The molecule has 5 heteroatoms. The summed E-state index contributed by atoms with van der Waals surface area (Å²) in [6, 6.07) is 15.6. The molecule has 3 rings (SSSR count). The largest absolute Gasteiger partial charge is 0.508 e. The second kappa shape index (κ2) is 7.49. The first-order valence-corrected chi connectivity index (χ1v) is 8.38. The maximum absolute atomic E-state index is 9.64. The van der Waals surface area contributed by atoms with Crippen molar-refractivity contribution in [2.24, 2.45) is 0 Å². The highest BCUT2D eigenvalue weighted by atomic mass is 16.5. The van der Waals surface area contributed by atoms with Crippen molar-refractivity contribution in [3.05, 3.63) is 76.9 Å². The number of phenols is 1. The number of hydrogen-bond acceptors (Lipinski definition) is 5. The van der Waals surface area contributed by atoms with E-state index in [0.29, 0.717) is 24.7 Å². The molecule has 0 spiro atoms. The first-order chi connectivity index (χ1) is 12.0. The van der Waals surface area contributed by atoms with Gasteiger partial charge in [0.2, 0.25) is 5.89 Å². The number of nitrogens with zero attached hydrogens (tertiary/aromatic N) is 3. The summed E-state index contributed by atoms with van der Waals surface area (Å²) in [5.41, 5.74) is 3.46. The highest BCUT2D eigenvalue weighted by molar-refractivity contribution is 5.29. The molecule has 130 valence electrons. The van der Waals surface area contributed by atoms with E-state index < -0.39 is 0 Å². The minimum Gasteiger partial charge on any atom is -0.508 e. The van der Waals surface area contributed by atoms with Gasteiger partial charge in [-0.3, -0.25) is 4.90 Å². The third-order valence-electron chi connectivity index (χ3n) is 4.52. The maximum atomic E-state index is 9.64. The SMILES string of the molecule is Cc1ccccc1Cc1nc(CN(C)C(C)c2cccc(O)c2)no1. The van der Waals surface area contributed by atoms with Crippen LogP contribution in [0.3, 0.4) is 0 Å². The first kappa shape index (κ1) is 17.2. The van der Waals surface area contributed by atoms with Crippen molar-refractivity contribution >= 4 is 0 Å².